The maximum Gasteiger partial charge on any atom is 0.203 e. The van der Waals surface area contributed by atoms with E-state index in [4.69, 9.17) is 28.6 Å². The summed E-state index contributed by atoms with van der Waals surface area (Å²) in [5.41, 5.74) is 3.55. The Morgan fingerprint density at radius 1 is 1.00 bits per heavy atom. The summed E-state index contributed by atoms with van der Waals surface area (Å²) < 4.78 is 3.82. The second kappa shape index (κ2) is 5.00. The molecule has 3 rings (SSSR count). The highest BCUT2D eigenvalue weighted by Crippen LogP contribution is 2.23. The quantitative estimate of drug-likeness (QED) is 0.747. The minimum atomic E-state index is 0.456. The lowest BCUT2D eigenvalue weighted by molar-refractivity contribution is 0.695. The maximum atomic E-state index is 8.24. The van der Waals surface area contributed by atoms with Gasteiger partial charge in [0, 0.05) is 7.05 Å². The van der Waals surface area contributed by atoms with Crippen molar-refractivity contribution in [3.05, 3.63) is 63.7 Å². The molecule has 0 aliphatic heterocycles. The van der Waals surface area contributed by atoms with Crippen molar-refractivity contribution >= 4 is 34.2 Å². The van der Waals surface area contributed by atoms with Gasteiger partial charge in [0.05, 0.1) is 27.6 Å². The molecule has 3 nitrogen and oxygen atoms in total. The SMILES string of the molecule is Cn1c(=N)n(Cc2ccc(Cl)c(Cl)c2)c2ccccc21. The summed E-state index contributed by atoms with van der Waals surface area (Å²) in [4.78, 5) is 0. The number of para-hydroxylation sites is 2. The Labute approximate surface area is 126 Å². The highest BCUT2D eigenvalue weighted by Gasteiger charge is 2.08. The fourth-order valence-corrected chi connectivity index (χ4v) is 2.69. The largest absolute Gasteiger partial charge is 0.313 e. The molecule has 0 radical (unpaired) electrons. The zero-order chi connectivity index (χ0) is 14.3. The van der Waals surface area contributed by atoms with Gasteiger partial charge in [0.15, 0.2) is 0 Å². The van der Waals surface area contributed by atoms with E-state index in [1.807, 2.05) is 52.6 Å². The molecule has 1 aromatic heterocycles. The summed E-state index contributed by atoms with van der Waals surface area (Å²) in [5, 5.41) is 9.32. The third-order valence-corrected chi connectivity index (χ3v) is 4.17. The van der Waals surface area contributed by atoms with E-state index in [9.17, 15) is 0 Å². The van der Waals surface area contributed by atoms with Crippen molar-refractivity contribution in [1.82, 2.24) is 9.13 Å². The van der Waals surface area contributed by atoms with Gasteiger partial charge in [0.2, 0.25) is 5.62 Å². The average Bonchev–Trinajstić information content (AvgIpc) is 2.69. The van der Waals surface area contributed by atoms with E-state index in [1.165, 1.54) is 0 Å². The van der Waals surface area contributed by atoms with Gasteiger partial charge in [0.25, 0.3) is 0 Å². The van der Waals surface area contributed by atoms with Crippen LogP contribution in [0.15, 0.2) is 42.5 Å². The number of aromatic nitrogens is 2. The number of fused-ring (bicyclic) bond motifs is 1. The standard InChI is InChI=1S/C15H13Cl2N3/c1-19-13-4-2-3-5-14(13)20(15(19)18)9-10-6-7-11(16)12(17)8-10/h2-8,18H,9H2,1H3. The van der Waals surface area contributed by atoms with Gasteiger partial charge in [-0.2, -0.15) is 0 Å². The number of halogens is 2. The normalized spacial score (nSPS) is 11.2. The van der Waals surface area contributed by atoms with Gasteiger partial charge in [-0.25, -0.2) is 0 Å². The summed E-state index contributed by atoms with van der Waals surface area (Å²) in [6, 6.07) is 13.6. The van der Waals surface area contributed by atoms with E-state index in [1.54, 1.807) is 6.07 Å². The summed E-state index contributed by atoms with van der Waals surface area (Å²) in [6.07, 6.45) is 0. The van der Waals surface area contributed by atoms with Gasteiger partial charge in [-0.05, 0) is 29.8 Å². The smallest absolute Gasteiger partial charge is 0.203 e. The van der Waals surface area contributed by atoms with Gasteiger partial charge in [-0.1, -0.05) is 41.4 Å². The highest BCUT2D eigenvalue weighted by molar-refractivity contribution is 6.42. The zero-order valence-corrected chi connectivity index (χ0v) is 12.4. The molecule has 20 heavy (non-hydrogen) atoms. The molecule has 0 unspecified atom stereocenters. The summed E-state index contributed by atoms with van der Waals surface area (Å²) >= 11 is 12.0. The summed E-state index contributed by atoms with van der Waals surface area (Å²) in [5.74, 6) is 0. The minimum absolute atomic E-state index is 0.456. The first kappa shape index (κ1) is 13.3. The average molecular weight is 306 g/mol. The summed E-state index contributed by atoms with van der Waals surface area (Å²) in [7, 11) is 1.90. The van der Waals surface area contributed by atoms with Crippen LogP contribution < -0.4 is 5.62 Å². The van der Waals surface area contributed by atoms with Crippen LogP contribution in [0.1, 0.15) is 5.56 Å². The van der Waals surface area contributed by atoms with Gasteiger partial charge in [-0.15, -0.1) is 0 Å². The molecule has 102 valence electrons. The molecular formula is C15H13Cl2N3. The molecule has 1 heterocycles. The predicted octanol–water partition coefficient (Wildman–Crippen LogP) is 3.81. The van der Waals surface area contributed by atoms with Gasteiger partial charge in [-0.3, -0.25) is 5.41 Å². The molecule has 0 bridgehead atoms. The minimum Gasteiger partial charge on any atom is -0.313 e. The molecule has 3 aromatic rings. The van der Waals surface area contributed by atoms with Crippen molar-refractivity contribution in [2.75, 3.05) is 0 Å². The number of hydrogen-bond acceptors (Lipinski definition) is 1. The molecule has 0 atom stereocenters. The topological polar surface area (TPSA) is 33.7 Å². The number of nitrogens with zero attached hydrogens (tertiary/aromatic N) is 2. The number of imidazole rings is 1. The molecule has 2 aromatic carbocycles. The maximum absolute atomic E-state index is 8.24. The van der Waals surface area contributed by atoms with Gasteiger partial charge < -0.3 is 9.13 Å². The van der Waals surface area contributed by atoms with Gasteiger partial charge in [0.1, 0.15) is 0 Å². The molecule has 0 aliphatic rings. The van der Waals surface area contributed by atoms with E-state index < -0.39 is 0 Å². The fourth-order valence-electron chi connectivity index (χ4n) is 2.37. The molecule has 0 saturated heterocycles. The molecular weight excluding hydrogens is 293 g/mol. The lowest BCUT2D eigenvalue weighted by Crippen LogP contribution is -2.23. The Kier molecular flexibility index (Phi) is 3.32. The number of rotatable bonds is 2. The highest BCUT2D eigenvalue weighted by atomic mass is 35.5. The van der Waals surface area contributed by atoms with Crippen LogP contribution in [0.2, 0.25) is 10.0 Å². The third kappa shape index (κ3) is 2.13. The van der Waals surface area contributed by atoms with Crippen LogP contribution in [0.5, 0.6) is 0 Å². The monoisotopic (exact) mass is 305 g/mol. The zero-order valence-electron chi connectivity index (χ0n) is 10.9. The third-order valence-electron chi connectivity index (χ3n) is 3.43. The van der Waals surface area contributed by atoms with Crippen molar-refractivity contribution in [3.63, 3.8) is 0 Å². The predicted molar refractivity (Wildman–Crippen MR) is 82.3 cm³/mol. The van der Waals surface area contributed by atoms with Crippen molar-refractivity contribution in [2.24, 2.45) is 7.05 Å². The first-order valence-corrected chi connectivity index (χ1v) is 6.96. The first-order chi connectivity index (χ1) is 9.58. The molecule has 0 fully saturated rings. The first-order valence-electron chi connectivity index (χ1n) is 6.20. The summed E-state index contributed by atoms with van der Waals surface area (Å²) in [6.45, 7) is 0.594. The second-order valence-corrected chi connectivity index (χ2v) is 5.52. The van der Waals surface area contributed by atoms with Crippen molar-refractivity contribution in [2.45, 2.75) is 6.54 Å². The molecule has 0 spiro atoms. The van der Waals surface area contributed by atoms with Crippen molar-refractivity contribution < 1.29 is 0 Å². The van der Waals surface area contributed by atoms with Crippen LogP contribution in [0.4, 0.5) is 0 Å². The fraction of sp³-hybridized carbons (Fsp3) is 0.133. The van der Waals surface area contributed by atoms with E-state index in [0.29, 0.717) is 22.2 Å². The number of nitrogens with one attached hydrogen (secondary N) is 1. The Morgan fingerprint density at radius 3 is 2.40 bits per heavy atom. The van der Waals surface area contributed by atoms with Crippen LogP contribution in [-0.2, 0) is 13.6 Å². The van der Waals surface area contributed by atoms with E-state index in [0.717, 1.165) is 16.6 Å². The van der Waals surface area contributed by atoms with Crippen LogP contribution >= 0.6 is 23.2 Å². The molecule has 1 N–H and O–H groups in total. The van der Waals surface area contributed by atoms with Gasteiger partial charge >= 0.3 is 0 Å². The molecule has 0 amide bonds. The molecule has 0 saturated carbocycles. The number of aryl methyl sites for hydroxylation is 1. The van der Waals surface area contributed by atoms with Crippen molar-refractivity contribution in [1.29, 1.82) is 5.41 Å². The lowest BCUT2D eigenvalue weighted by atomic mass is 10.2. The number of hydrogen-bond donors (Lipinski definition) is 1. The second-order valence-electron chi connectivity index (χ2n) is 4.71. The van der Waals surface area contributed by atoms with Crippen molar-refractivity contribution in [3.8, 4) is 0 Å². The number of benzene rings is 2. The Morgan fingerprint density at radius 2 is 1.70 bits per heavy atom. The van der Waals surface area contributed by atoms with E-state index in [2.05, 4.69) is 0 Å². The lowest BCUT2D eigenvalue weighted by Gasteiger charge is -2.06. The Bertz CT molecular complexity index is 846. The van der Waals surface area contributed by atoms with Crippen LogP contribution in [-0.4, -0.2) is 9.13 Å². The Hall–Kier alpha value is -1.71. The van der Waals surface area contributed by atoms with E-state index in [-0.39, 0.29) is 0 Å². The molecule has 5 heteroatoms. The molecule has 0 aliphatic carbocycles. The van der Waals surface area contributed by atoms with Crippen LogP contribution in [0.3, 0.4) is 0 Å². The van der Waals surface area contributed by atoms with Crippen LogP contribution in [0, 0.1) is 5.41 Å². The van der Waals surface area contributed by atoms with Crippen LogP contribution in [0.25, 0.3) is 11.0 Å². The Balaban J connectivity index is 2.13. The van der Waals surface area contributed by atoms with E-state index >= 15 is 0 Å².